The molecule has 1 aliphatic heterocycles. The number of nitrogens with zero attached hydrogens (tertiary/aromatic N) is 1. The first-order valence-corrected chi connectivity index (χ1v) is 9.21. The molecule has 3 heteroatoms. The highest BCUT2D eigenvalue weighted by Gasteiger charge is 2.33. The van der Waals surface area contributed by atoms with Gasteiger partial charge in [-0.1, -0.05) is 26.7 Å². The molecule has 2 N–H and O–H groups in total. The summed E-state index contributed by atoms with van der Waals surface area (Å²) in [6.45, 7) is 7.06. The van der Waals surface area contributed by atoms with Crippen LogP contribution < -0.4 is 10.6 Å². The first-order valence-electron chi connectivity index (χ1n) is 9.21. The summed E-state index contributed by atoms with van der Waals surface area (Å²) in [5, 5.41) is 7.70. The van der Waals surface area contributed by atoms with Gasteiger partial charge in [0.15, 0.2) is 0 Å². The molecule has 4 unspecified atom stereocenters. The topological polar surface area (TPSA) is 27.3 Å². The van der Waals surface area contributed by atoms with Crippen molar-refractivity contribution in [1.82, 2.24) is 15.5 Å². The van der Waals surface area contributed by atoms with Crippen molar-refractivity contribution in [2.75, 3.05) is 27.2 Å². The van der Waals surface area contributed by atoms with Gasteiger partial charge in [-0.2, -0.15) is 0 Å². The van der Waals surface area contributed by atoms with E-state index in [0.29, 0.717) is 6.04 Å². The number of rotatable bonds is 7. The van der Waals surface area contributed by atoms with E-state index in [9.17, 15) is 0 Å². The van der Waals surface area contributed by atoms with Crippen LogP contribution in [-0.4, -0.2) is 50.2 Å². The minimum Gasteiger partial charge on any atom is -0.314 e. The zero-order valence-electron chi connectivity index (χ0n) is 14.7. The van der Waals surface area contributed by atoms with Crippen molar-refractivity contribution < 1.29 is 0 Å². The number of likely N-dealkylation sites (N-methyl/N-ethyl adjacent to an activating group) is 1. The highest BCUT2D eigenvalue weighted by molar-refractivity contribution is 4.92. The van der Waals surface area contributed by atoms with Crippen LogP contribution in [0.4, 0.5) is 0 Å². The standard InChI is InChI=1S/C18H37N3/c1-14(2)12-15(21(3)4)13-20-18-9-6-5-8-16(18)17-10-7-11-19-17/h14-20H,5-13H2,1-4H3. The molecule has 0 amide bonds. The van der Waals surface area contributed by atoms with Crippen molar-refractivity contribution in [3.8, 4) is 0 Å². The molecule has 3 nitrogen and oxygen atoms in total. The van der Waals surface area contributed by atoms with E-state index in [1.807, 2.05) is 0 Å². The summed E-state index contributed by atoms with van der Waals surface area (Å²) < 4.78 is 0. The third kappa shape index (κ3) is 5.22. The fraction of sp³-hybridized carbons (Fsp3) is 1.00. The molecule has 2 aliphatic rings. The predicted octanol–water partition coefficient (Wildman–Crippen LogP) is 2.86. The molecule has 0 bridgehead atoms. The van der Waals surface area contributed by atoms with Crippen molar-refractivity contribution >= 4 is 0 Å². The van der Waals surface area contributed by atoms with Gasteiger partial charge in [-0.3, -0.25) is 0 Å². The Balaban J connectivity index is 1.85. The first-order chi connectivity index (χ1) is 10.1. The molecule has 1 aliphatic carbocycles. The summed E-state index contributed by atoms with van der Waals surface area (Å²) in [5.41, 5.74) is 0. The molecule has 2 fully saturated rings. The Morgan fingerprint density at radius 2 is 1.86 bits per heavy atom. The molecular formula is C18H37N3. The summed E-state index contributed by atoms with van der Waals surface area (Å²) in [4.78, 5) is 2.40. The van der Waals surface area contributed by atoms with E-state index < -0.39 is 0 Å². The molecule has 1 saturated carbocycles. The van der Waals surface area contributed by atoms with Crippen LogP contribution in [0.2, 0.25) is 0 Å². The largest absolute Gasteiger partial charge is 0.314 e. The van der Waals surface area contributed by atoms with Gasteiger partial charge in [-0.15, -0.1) is 0 Å². The van der Waals surface area contributed by atoms with Crippen LogP contribution in [0.1, 0.15) is 58.8 Å². The Morgan fingerprint density at radius 1 is 1.10 bits per heavy atom. The van der Waals surface area contributed by atoms with Gasteiger partial charge < -0.3 is 15.5 Å². The van der Waals surface area contributed by atoms with Crippen molar-refractivity contribution in [2.45, 2.75) is 76.9 Å². The number of nitrogens with one attached hydrogen (secondary N) is 2. The van der Waals surface area contributed by atoms with Crippen LogP contribution in [0.5, 0.6) is 0 Å². The fourth-order valence-corrected chi connectivity index (χ4v) is 4.28. The van der Waals surface area contributed by atoms with E-state index in [4.69, 9.17) is 0 Å². The lowest BCUT2D eigenvalue weighted by Crippen LogP contribution is -2.50. The second kappa shape index (κ2) is 8.50. The fourth-order valence-electron chi connectivity index (χ4n) is 4.28. The maximum absolute atomic E-state index is 3.95. The normalized spacial score (nSPS) is 32.0. The summed E-state index contributed by atoms with van der Waals surface area (Å²) in [6.07, 6.45) is 9.71. The Morgan fingerprint density at radius 3 is 2.48 bits per heavy atom. The Bertz CT molecular complexity index is 284. The van der Waals surface area contributed by atoms with Crippen molar-refractivity contribution in [2.24, 2.45) is 11.8 Å². The van der Waals surface area contributed by atoms with Gasteiger partial charge in [0.1, 0.15) is 0 Å². The first kappa shape index (κ1) is 17.2. The molecule has 0 aromatic rings. The summed E-state index contributed by atoms with van der Waals surface area (Å²) in [5.74, 6) is 1.64. The Labute approximate surface area is 132 Å². The third-order valence-electron chi connectivity index (χ3n) is 5.52. The van der Waals surface area contributed by atoms with Crippen LogP contribution in [0, 0.1) is 11.8 Å². The zero-order chi connectivity index (χ0) is 15.2. The lowest BCUT2D eigenvalue weighted by molar-refractivity contribution is 0.186. The van der Waals surface area contributed by atoms with E-state index in [1.54, 1.807) is 0 Å². The summed E-state index contributed by atoms with van der Waals surface area (Å²) in [6, 6.07) is 2.19. The molecule has 0 aromatic heterocycles. The molecule has 21 heavy (non-hydrogen) atoms. The van der Waals surface area contributed by atoms with E-state index >= 15 is 0 Å². The average Bonchev–Trinajstić information content (AvgIpc) is 2.97. The van der Waals surface area contributed by atoms with Gasteiger partial charge in [0, 0.05) is 24.7 Å². The molecule has 0 aromatic carbocycles. The molecule has 4 atom stereocenters. The minimum absolute atomic E-state index is 0.670. The molecule has 2 rings (SSSR count). The van der Waals surface area contributed by atoms with Crippen LogP contribution in [0.3, 0.4) is 0 Å². The Hall–Kier alpha value is -0.120. The van der Waals surface area contributed by atoms with Crippen LogP contribution >= 0.6 is 0 Å². The van der Waals surface area contributed by atoms with Crippen molar-refractivity contribution in [1.29, 1.82) is 0 Å². The predicted molar refractivity (Wildman–Crippen MR) is 91.7 cm³/mol. The maximum atomic E-state index is 3.95. The Kier molecular flexibility index (Phi) is 6.97. The summed E-state index contributed by atoms with van der Waals surface area (Å²) in [7, 11) is 4.46. The molecule has 0 spiro atoms. The quantitative estimate of drug-likeness (QED) is 0.756. The van der Waals surface area contributed by atoms with Gasteiger partial charge >= 0.3 is 0 Å². The third-order valence-corrected chi connectivity index (χ3v) is 5.52. The van der Waals surface area contributed by atoms with Crippen molar-refractivity contribution in [3.05, 3.63) is 0 Å². The lowest BCUT2D eigenvalue weighted by atomic mass is 9.79. The van der Waals surface area contributed by atoms with Crippen LogP contribution in [0.15, 0.2) is 0 Å². The highest BCUT2D eigenvalue weighted by Crippen LogP contribution is 2.30. The SMILES string of the molecule is CC(C)CC(CNC1CCCCC1C1CCCN1)N(C)C. The van der Waals surface area contributed by atoms with E-state index in [2.05, 4.69) is 43.5 Å². The van der Waals surface area contributed by atoms with Gasteiger partial charge in [-0.25, -0.2) is 0 Å². The van der Waals surface area contributed by atoms with E-state index in [0.717, 1.165) is 30.5 Å². The van der Waals surface area contributed by atoms with Gasteiger partial charge in [-0.05, 0) is 64.6 Å². The highest BCUT2D eigenvalue weighted by atomic mass is 15.1. The van der Waals surface area contributed by atoms with Gasteiger partial charge in [0.05, 0.1) is 0 Å². The van der Waals surface area contributed by atoms with Crippen LogP contribution in [-0.2, 0) is 0 Å². The molecule has 1 saturated heterocycles. The lowest BCUT2D eigenvalue weighted by Gasteiger charge is -2.38. The molecule has 0 radical (unpaired) electrons. The smallest absolute Gasteiger partial charge is 0.0217 e. The second-order valence-corrected chi connectivity index (χ2v) is 7.91. The maximum Gasteiger partial charge on any atom is 0.0217 e. The average molecular weight is 296 g/mol. The van der Waals surface area contributed by atoms with E-state index in [-0.39, 0.29) is 0 Å². The summed E-state index contributed by atoms with van der Waals surface area (Å²) >= 11 is 0. The van der Waals surface area contributed by atoms with E-state index in [1.165, 1.54) is 51.5 Å². The van der Waals surface area contributed by atoms with Gasteiger partial charge in [0.25, 0.3) is 0 Å². The number of hydrogen-bond acceptors (Lipinski definition) is 3. The van der Waals surface area contributed by atoms with Gasteiger partial charge in [0.2, 0.25) is 0 Å². The van der Waals surface area contributed by atoms with Crippen molar-refractivity contribution in [3.63, 3.8) is 0 Å². The van der Waals surface area contributed by atoms with Crippen LogP contribution in [0.25, 0.3) is 0 Å². The monoisotopic (exact) mass is 295 g/mol. The molecule has 1 heterocycles. The molecule has 124 valence electrons. The minimum atomic E-state index is 0.670. The molecular weight excluding hydrogens is 258 g/mol. The second-order valence-electron chi connectivity index (χ2n) is 7.91. The zero-order valence-corrected chi connectivity index (χ0v) is 14.7. The number of hydrogen-bond donors (Lipinski definition) is 2.